The van der Waals surface area contributed by atoms with Crippen LogP contribution in [0.15, 0.2) is 201 Å². The van der Waals surface area contributed by atoms with Gasteiger partial charge in [0.25, 0.3) is 0 Å². The van der Waals surface area contributed by atoms with Crippen molar-refractivity contribution < 1.29 is 28.6 Å². The standard InChI is InChI=1S/C29H33NO2.C25H25NO2.C21H17NO2/c1-28(2,3)20-7-9-22-23-10-8-21(29(4,5)6)17-25(23)26(24(22)16-20)18-32-27(31)15-19-11-13-30-14-12-19;1-2-3-8-19-16-26-14-13-18(19)15-25(27)28-17-24-22-11-6-4-9-20(22)21-10-5-7-12-23(21)24;23-21(13-15-7-5-6-12-22-15)24-14-20-18-10-3-1-8-16(18)17-9-2-4-11-19(17)20/h7-14,16-17,26H,15,18H2,1-6H3;4-7,9-14,16,24H,2-3,8,15,17H2,1H3;1-12,20H,13-14H2. The van der Waals surface area contributed by atoms with Gasteiger partial charge in [-0.05, 0) is 149 Å². The summed E-state index contributed by atoms with van der Waals surface area (Å²) < 4.78 is 17.1. The second-order valence-corrected chi connectivity index (χ2v) is 24.1. The fourth-order valence-corrected chi connectivity index (χ4v) is 11.7. The highest BCUT2D eigenvalue weighted by Gasteiger charge is 2.34. The average molecular weight is 1110 g/mol. The van der Waals surface area contributed by atoms with Gasteiger partial charge in [0.2, 0.25) is 0 Å². The van der Waals surface area contributed by atoms with Crippen LogP contribution in [0.2, 0.25) is 0 Å². The van der Waals surface area contributed by atoms with Gasteiger partial charge < -0.3 is 14.2 Å². The number of aromatic nitrogens is 3. The zero-order valence-electron chi connectivity index (χ0n) is 49.4. The molecule has 3 aliphatic carbocycles. The first-order valence-corrected chi connectivity index (χ1v) is 29.5. The SMILES string of the molecule is CC(C)(C)c1ccc2c(c1)C(COC(=O)Cc1ccncc1)c1cc(C(C)(C)C)ccc1-2.CCCCc1cnccc1CC(=O)OCC1c2ccccc2-c2ccccc21.O=C(Cc1ccccn1)OCC1c2ccccc2-c2ccccc21. The minimum Gasteiger partial charge on any atom is -0.464 e. The maximum Gasteiger partial charge on any atom is 0.311 e. The molecule has 0 fully saturated rings. The van der Waals surface area contributed by atoms with E-state index in [0.29, 0.717) is 26.2 Å². The summed E-state index contributed by atoms with van der Waals surface area (Å²) in [6.07, 6.45) is 12.7. The summed E-state index contributed by atoms with van der Waals surface area (Å²) in [7, 11) is 0. The molecule has 0 atom stereocenters. The zero-order chi connectivity index (χ0) is 58.8. The summed E-state index contributed by atoms with van der Waals surface area (Å²) in [5.41, 5.74) is 21.5. The van der Waals surface area contributed by atoms with Crippen LogP contribution in [0.4, 0.5) is 0 Å². The van der Waals surface area contributed by atoms with Crippen LogP contribution in [-0.4, -0.2) is 52.7 Å². The topological polar surface area (TPSA) is 118 Å². The molecule has 3 aliphatic rings. The predicted octanol–water partition coefficient (Wildman–Crippen LogP) is 15.9. The van der Waals surface area contributed by atoms with Crippen LogP contribution >= 0.6 is 0 Å². The van der Waals surface area contributed by atoms with Crippen LogP contribution in [0, 0.1) is 0 Å². The molecular formula is C75H75N3O6. The highest BCUT2D eigenvalue weighted by atomic mass is 16.5. The number of hydrogen-bond acceptors (Lipinski definition) is 9. The van der Waals surface area contributed by atoms with E-state index in [1.54, 1.807) is 24.8 Å². The number of aryl methyl sites for hydroxylation is 1. The lowest BCUT2D eigenvalue weighted by Gasteiger charge is -2.22. The molecule has 6 aromatic carbocycles. The first-order valence-electron chi connectivity index (χ1n) is 29.5. The van der Waals surface area contributed by atoms with Gasteiger partial charge in [-0.1, -0.05) is 194 Å². The highest BCUT2D eigenvalue weighted by Crippen LogP contribution is 2.49. The van der Waals surface area contributed by atoms with E-state index in [1.165, 1.54) is 77.9 Å². The van der Waals surface area contributed by atoms with Crippen molar-refractivity contribution in [1.82, 2.24) is 15.0 Å². The van der Waals surface area contributed by atoms with Crippen molar-refractivity contribution in [3.8, 4) is 33.4 Å². The normalized spacial score (nSPS) is 12.9. The maximum absolute atomic E-state index is 12.6. The van der Waals surface area contributed by atoms with Crippen LogP contribution in [0.1, 0.15) is 146 Å². The average Bonchev–Trinajstić information content (AvgIpc) is 2.95. The molecule has 0 aliphatic heterocycles. The Balaban J connectivity index is 0.000000142. The van der Waals surface area contributed by atoms with Crippen molar-refractivity contribution in [2.75, 3.05) is 19.8 Å². The molecule has 0 N–H and O–H groups in total. The molecule has 0 saturated heterocycles. The van der Waals surface area contributed by atoms with Crippen LogP contribution < -0.4 is 0 Å². The summed E-state index contributed by atoms with van der Waals surface area (Å²) in [4.78, 5) is 49.7. The Morgan fingerprint density at radius 2 is 0.833 bits per heavy atom. The quantitative estimate of drug-likeness (QED) is 0.0730. The Hall–Kier alpha value is -8.82. The van der Waals surface area contributed by atoms with Gasteiger partial charge in [0, 0.05) is 48.7 Å². The number of hydrogen-bond donors (Lipinski definition) is 0. The van der Waals surface area contributed by atoms with Crippen molar-refractivity contribution in [2.24, 2.45) is 0 Å². The van der Waals surface area contributed by atoms with Crippen LogP contribution in [0.3, 0.4) is 0 Å². The lowest BCUT2D eigenvalue weighted by atomic mass is 9.83. The molecule has 0 bridgehead atoms. The third-order valence-electron chi connectivity index (χ3n) is 16.3. The molecule has 84 heavy (non-hydrogen) atoms. The van der Waals surface area contributed by atoms with Crippen molar-refractivity contribution >= 4 is 17.9 Å². The number of esters is 3. The van der Waals surface area contributed by atoms with Crippen molar-refractivity contribution in [1.29, 1.82) is 0 Å². The van der Waals surface area contributed by atoms with Gasteiger partial charge in [0.15, 0.2) is 0 Å². The minimum atomic E-state index is -0.240. The third-order valence-corrected chi connectivity index (χ3v) is 16.3. The fraction of sp³-hybridized carbons (Fsp3) is 0.280. The number of nitrogens with zero attached hydrogens (tertiary/aromatic N) is 3. The Morgan fingerprint density at radius 1 is 0.417 bits per heavy atom. The van der Waals surface area contributed by atoms with Gasteiger partial charge in [-0.25, -0.2) is 0 Å². The molecule has 12 rings (SSSR count). The number of fused-ring (bicyclic) bond motifs is 9. The minimum absolute atomic E-state index is 0.0472. The smallest absolute Gasteiger partial charge is 0.311 e. The van der Waals surface area contributed by atoms with E-state index in [-0.39, 0.29) is 59.3 Å². The number of benzene rings is 6. The van der Waals surface area contributed by atoms with Crippen molar-refractivity contribution in [2.45, 2.75) is 116 Å². The number of carbonyl (C=O) groups is 3. The van der Waals surface area contributed by atoms with Gasteiger partial charge in [-0.15, -0.1) is 0 Å². The van der Waals surface area contributed by atoms with E-state index >= 15 is 0 Å². The molecule has 3 heterocycles. The molecule has 9 heteroatoms. The molecule has 9 aromatic rings. The monoisotopic (exact) mass is 1110 g/mol. The second-order valence-electron chi connectivity index (χ2n) is 24.1. The second kappa shape index (κ2) is 26.2. The lowest BCUT2D eigenvalue weighted by molar-refractivity contribution is -0.144. The van der Waals surface area contributed by atoms with Crippen molar-refractivity contribution in [3.63, 3.8) is 0 Å². The van der Waals surface area contributed by atoms with Gasteiger partial charge in [0.05, 0.1) is 25.0 Å². The molecule has 426 valence electrons. The number of carbonyl (C=O) groups excluding carboxylic acids is 3. The highest BCUT2D eigenvalue weighted by molar-refractivity contribution is 5.82. The summed E-state index contributed by atoms with van der Waals surface area (Å²) in [5, 5.41) is 0. The third kappa shape index (κ3) is 13.6. The van der Waals surface area contributed by atoms with E-state index in [1.807, 2.05) is 66.9 Å². The van der Waals surface area contributed by atoms with Crippen LogP contribution in [-0.2, 0) is 65.1 Å². The van der Waals surface area contributed by atoms with E-state index in [2.05, 4.69) is 173 Å². The van der Waals surface area contributed by atoms with Gasteiger partial charge >= 0.3 is 17.9 Å². The Labute approximate surface area is 495 Å². The maximum atomic E-state index is 12.6. The number of pyridine rings is 3. The molecule has 3 aromatic heterocycles. The number of rotatable bonds is 15. The van der Waals surface area contributed by atoms with E-state index in [4.69, 9.17) is 14.2 Å². The molecule has 9 nitrogen and oxygen atoms in total. The van der Waals surface area contributed by atoms with Crippen LogP contribution in [0.5, 0.6) is 0 Å². The predicted molar refractivity (Wildman–Crippen MR) is 334 cm³/mol. The molecule has 0 saturated carbocycles. The van der Waals surface area contributed by atoms with Gasteiger partial charge in [-0.2, -0.15) is 0 Å². The zero-order valence-corrected chi connectivity index (χ0v) is 49.4. The van der Waals surface area contributed by atoms with E-state index in [0.717, 1.165) is 41.6 Å². The summed E-state index contributed by atoms with van der Waals surface area (Å²) in [6.45, 7) is 16.7. The Kier molecular flexibility index (Phi) is 18.2. The molecule has 0 spiro atoms. The first-order chi connectivity index (χ1) is 40.6. The Morgan fingerprint density at radius 3 is 1.29 bits per heavy atom. The summed E-state index contributed by atoms with van der Waals surface area (Å²) >= 11 is 0. The van der Waals surface area contributed by atoms with Crippen LogP contribution in [0.25, 0.3) is 33.4 Å². The molecular weight excluding hydrogens is 1040 g/mol. The van der Waals surface area contributed by atoms with E-state index < -0.39 is 0 Å². The number of ether oxygens (including phenoxy) is 3. The van der Waals surface area contributed by atoms with Crippen molar-refractivity contribution in [3.05, 3.63) is 268 Å². The molecule has 0 amide bonds. The molecule has 0 radical (unpaired) electrons. The Bertz CT molecular complexity index is 3610. The largest absolute Gasteiger partial charge is 0.464 e. The summed E-state index contributed by atoms with van der Waals surface area (Å²) in [6, 6.07) is 58.2. The van der Waals surface area contributed by atoms with Gasteiger partial charge in [0.1, 0.15) is 19.8 Å². The summed E-state index contributed by atoms with van der Waals surface area (Å²) in [5.74, 6) is -0.365. The fourth-order valence-electron chi connectivity index (χ4n) is 11.7. The van der Waals surface area contributed by atoms with Gasteiger partial charge in [-0.3, -0.25) is 29.3 Å². The lowest BCUT2D eigenvalue weighted by Crippen LogP contribution is -2.16. The molecule has 0 unspecified atom stereocenters. The van der Waals surface area contributed by atoms with E-state index in [9.17, 15) is 14.4 Å². The first kappa shape index (κ1) is 58.4. The number of unbranched alkanes of at least 4 members (excludes halogenated alkanes) is 1.